The van der Waals surface area contributed by atoms with E-state index in [-0.39, 0.29) is 11.7 Å². The zero-order valence-corrected chi connectivity index (χ0v) is 10.3. The number of tetrazole rings is 1. The summed E-state index contributed by atoms with van der Waals surface area (Å²) in [6.45, 7) is 2.15. The van der Waals surface area contributed by atoms with E-state index in [2.05, 4.69) is 22.4 Å². The topological polar surface area (TPSA) is 69.6 Å². The van der Waals surface area contributed by atoms with E-state index >= 15 is 0 Å². The number of nitrogen functional groups attached to an aromatic ring is 1. The van der Waals surface area contributed by atoms with Crippen LogP contribution < -0.4 is 5.73 Å². The van der Waals surface area contributed by atoms with Gasteiger partial charge in [0.2, 0.25) is 0 Å². The van der Waals surface area contributed by atoms with Crippen LogP contribution >= 0.6 is 0 Å². The van der Waals surface area contributed by atoms with Gasteiger partial charge in [0.1, 0.15) is 0 Å². The maximum Gasteiger partial charge on any atom is 0.184 e. The molecule has 1 saturated carbocycles. The maximum atomic E-state index is 13.3. The molecular weight excluding hydrogens is 252 g/mol. The molecule has 1 aromatic carbocycles. The number of rotatable bonds is 2. The number of benzene rings is 1. The van der Waals surface area contributed by atoms with Crippen molar-refractivity contribution in [3.8, 4) is 11.4 Å². The molecule has 0 atom stereocenters. The van der Waals surface area contributed by atoms with Gasteiger partial charge in [-0.25, -0.2) is 13.5 Å². The number of halogens is 2. The minimum absolute atomic E-state index is 0.127. The monoisotopic (exact) mass is 265 g/mol. The standard InChI is InChI=1S/C12H13F2N5/c1-6-2-7(3-6)19-12(16-17-18-19)8-4-9(13)10(14)5-11(8)15/h4-7H,2-3,15H2,1H3. The molecule has 0 amide bonds. The van der Waals surface area contributed by atoms with Crippen molar-refractivity contribution in [1.29, 1.82) is 0 Å². The number of hydrogen-bond donors (Lipinski definition) is 1. The summed E-state index contributed by atoms with van der Waals surface area (Å²) in [4.78, 5) is 0. The summed E-state index contributed by atoms with van der Waals surface area (Å²) >= 11 is 0. The molecule has 1 heterocycles. The van der Waals surface area contributed by atoms with Gasteiger partial charge in [-0.2, -0.15) is 0 Å². The first-order valence-electron chi connectivity index (χ1n) is 6.09. The summed E-state index contributed by atoms with van der Waals surface area (Å²) in [6.07, 6.45) is 1.95. The third-order valence-electron chi connectivity index (χ3n) is 3.52. The van der Waals surface area contributed by atoms with Crippen molar-refractivity contribution in [1.82, 2.24) is 20.2 Å². The predicted octanol–water partition coefficient (Wildman–Crippen LogP) is 2.17. The lowest BCUT2D eigenvalue weighted by Gasteiger charge is -2.32. The molecule has 1 aliphatic carbocycles. The number of hydrogen-bond acceptors (Lipinski definition) is 4. The number of aromatic nitrogens is 4. The Bertz CT molecular complexity index is 619. The van der Waals surface area contributed by atoms with E-state index in [1.54, 1.807) is 4.68 Å². The van der Waals surface area contributed by atoms with Crippen molar-refractivity contribution < 1.29 is 8.78 Å². The SMILES string of the molecule is CC1CC(n2nnnc2-c2cc(F)c(F)cc2N)C1. The summed E-state index contributed by atoms with van der Waals surface area (Å²) in [5.41, 5.74) is 6.17. The molecule has 1 aromatic heterocycles. The molecule has 2 N–H and O–H groups in total. The molecule has 1 fully saturated rings. The first-order valence-corrected chi connectivity index (χ1v) is 6.09. The Labute approximate surface area is 108 Å². The van der Waals surface area contributed by atoms with E-state index in [0.717, 1.165) is 25.0 Å². The molecule has 1 aliphatic rings. The normalized spacial score (nSPS) is 22.3. The highest BCUT2D eigenvalue weighted by atomic mass is 19.2. The van der Waals surface area contributed by atoms with Gasteiger partial charge in [0.15, 0.2) is 17.5 Å². The van der Waals surface area contributed by atoms with Crippen LogP contribution in [0, 0.1) is 17.6 Å². The second-order valence-electron chi connectivity index (χ2n) is 5.03. The van der Waals surface area contributed by atoms with Gasteiger partial charge in [-0.05, 0) is 35.3 Å². The van der Waals surface area contributed by atoms with Crippen LogP contribution in [-0.2, 0) is 0 Å². The summed E-state index contributed by atoms with van der Waals surface area (Å²) < 4.78 is 28.1. The van der Waals surface area contributed by atoms with Crippen LogP contribution in [0.4, 0.5) is 14.5 Å². The molecule has 0 spiro atoms. The fourth-order valence-electron chi connectivity index (χ4n) is 2.43. The summed E-state index contributed by atoms with van der Waals surface area (Å²) in [5, 5.41) is 11.4. The van der Waals surface area contributed by atoms with Crippen molar-refractivity contribution in [3.05, 3.63) is 23.8 Å². The van der Waals surface area contributed by atoms with E-state index in [0.29, 0.717) is 17.3 Å². The van der Waals surface area contributed by atoms with Crippen molar-refractivity contribution >= 4 is 5.69 Å². The lowest BCUT2D eigenvalue weighted by molar-refractivity contribution is 0.199. The van der Waals surface area contributed by atoms with Crippen molar-refractivity contribution in [2.75, 3.05) is 5.73 Å². The Morgan fingerprint density at radius 2 is 1.95 bits per heavy atom. The third kappa shape index (κ3) is 1.94. The van der Waals surface area contributed by atoms with Gasteiger partial charge in [-0.3, -0.25) is 0 Å². The molecule has 0 bridgehead atoms. The van der Waals surface area contributed by atoms with Crippen LogP contribution in [0.5, 0.6) is 0 Å². The van der Waals surface area contributed by atoms with Crippen molar-refractivity contribution in [3.63, 3.8) is 0 Å². The van der Waals surface area contributed by atoms with E-state index < -0.39 is 11.6 Å². The minimum Gasteiger partial charge on any atom is -0.398 e. The third-order valence-corrected chi connectivity index (χ3v) is 3.52. The zero-order valence-electron chi connectivity index (χ0n) is 10.3. The smallest absolute Gasteiger partial charge is 0.184 e. The van der Waals surface area contributed by atoms with Gasteiger partial charge in [0.25, 0.3) is 0 Å². The Morgan fingerprint density at radius 1 is 1.26 bits per heavy atom. The molecule has 0 saturated heterocycles. The summed E-state index contributed by atoms with van der Waals surface area (Å²) in [6, 6.07) is 2.19. The van der Waals surface area contributed by atoms with Crippen LogP contribution in [-0.4, -0.2) is 20.2 Å². The van der Waals surface area contributed by atoms with E-state index in [1.807, 2.05) is 0 Å². The quantitative estimate of drug-likeness (QED) is 0.845. The Balaban J connectivity index is 2.03. The average molecular weight is 265 g/mol. The second-order valence-corrected chi connectivity index (χ2v) is 5.03. The largest absolute Gasteiger partial charge is 0.398 e. The number of nitrogens with two attached hydrogens (primary N) is 1. The Kier molecular flexibility index (Phi) is 2.69. The second kappa shape index (κ2) is 4.25. The molecule has 19 heavy (non-hydrogen) atoms. The average Bonchev–Trinajstić information content (AvgIpc) is 2.78. The lowest BCUT2D eigenvalue weighted by atomic mass is 9.82. The van der Waals surface area contributed by atoms with E-state index in [4.69, 9.17) is 5.73 Å². The van der Waals surface area contributed by atoms with Gasteiger partial charge >= 0.3 is 0 Å². The first-order chi connectivity index (χ1) is 9.06. The first kappa shape index (κ1) is 12.0. The zero-order chi connectivity index (χ0) is 13.6. The molecule has 0 radical (unpaired) electrons. The highest BCUT2D eigenvalue weighted by Crippen LogP contribution is 2.39. The number of anilines is 1. The van der Waals surface area contributed by atoms with Gasteiger partial charge in [-0.1, -0.05) is 6.92 Å². The number of nitrogens with zero attached hydrogens (tertiary/aromatic N) is 4. The maximum absolute atomic E-state index is 13.3. The molecular formula is C12H13F2N5. The summed E-state index contributed by atoms with van der Waals surface area (Å²) in [5.74, 6) is -0.920. The van der Waals surface area contributed by atoms with Crippen LogP contribution in [0.15, 0.2) is 12.1 Å². The molecule has 0 aliphatic heterocycles. The van der Waals surface area contributed by atoms with Gasteiger partial charge < -0.3 is 5.73 Å². The fourth-order valence-corrected chi connectivity index (χ4v) is 2.43. The Morgan fingerprint density at radius 3 is 2.63 bits per heavy atom. The van der Waals surface area contributed by atoms with E-state index in [1.165, 1.54) is 0 Å². The van der Waals surface area contributed by atoms with Gasteiger partial charge in [0, 0.05) is 17.3 Å². The minimum atomic E-state index is -0.974. The molecule has 5 nitrogen and oxygen atoms in total. The van der Waals surface area contributed by atoms with E-state index in [9.17, 15) is 8.78 Å². The van der Waals surface area contributed by atoms with Crippen molar-refractivity contribution in [2.24, 2.45) is 5.92 Å². The fraction of sp³-hybridized carbons (Fsp3) is 0.417. The van der Waals surface area contributed by atoms with Gasteiger partial charge in [-0.15, -0.1) is 5.10 Å². The van der Waals surface area contributed by atoms with Crippen LogP contribution in [0.2, 0.25) is 0 Å². The highest BCUT2D eigenvalue weighted by Gasteiger charge is 2.30. The molecule has 7 heteroatoms. The molecule has 3 rings (SSSR count). The van der Waals surface area contributed by atoms with Crippen LogP contribution in [0.1, 0.15) is 25.8 Å². The lowest BCUT2D eigenvalue weighted by Crippen LogP contribution is -2.26. The van der Waals surface area contributed by atoms with Crippen LogP contribution in [0.3, 0.4) is 0 Å². The van der Waals surface area contributed by atoms with Gasteiger partial charge in [0.05, 0.1) is 6.04 Å². The van der Waals surface area contributed by atoms with Crippen LogP contribution in [0.25, 0.3) is 11.4 Å². The molecule has 0 unspecified atom stereocenters. The molecule has 2 aromatic rings. The van der Waals surface area contributed by atoms with Crippen molar-refractivity contribution in [2.45, 2.75) is 25.8 Å². The highest BCUT2D eigenvalue weighted by molar-refractivity contribution is 5.71. The Hall–Kier alpha value is -2.05. The molecule has 100 valence electrons. The summed E-state index contributed by atoms with van der Waals surface area (Å²) in [7, 11) is 0. The predicted molar refractivity (Wildman–Crippen MR) is 65.0 cm³/mol.